The maximum atomic E-state index is 11.9. The van der Waals surface area contributed by atoms with Gasteiger partial charge >= 0.3 is 0 Å². The van der Waals surface area contributed by atoms with E-state index in [1.165, 1.54) is 0 Å². The zero-order valence-electron chi connectivity index (χ0n) is 10.0. The molecule has 2 rings (SSSR count). The summed E-state index contributed by atoms with van der Waals surface area (Å²) >= 11 is 0. The number of ketones is 1. The number of morpholine rings is 1. The highest BCUT2D eigenvalue weighted by Gasteiger charge is 2.28. The van der Waals surface area contributed by atoms with Crippen molar-refractivity contribution in [1.82, 2.24) is 4.90 Å². The number of Topliss-reactive ketones (excluding diaryl/α,β-unsaturated/α-hetero) is 1. The molecule has 0 aliphatic carbocycles. The van der Waals surface area contributed by atoms with Crippen molar-refractivity contribution < 1.29 is 19.1 Å². The molecule has 0 saturated carbocycles. The number of ether oxygens (including phenoxy) is 1. The number of rotatable bonds is 3. The standard InChI is InChI=1S/C13H13NO4/c1-9-2-4-10(5-3-9)11(15)6-14-12(16)7-18-8-13(14)17/h2-5H,6-8H2,1H3. The highest BCUT2D eigenvalue weighted by molar-refractivity contribution is 6.05. The minimum Gasteiger partial charge on any atom is -0.362 e. The fraction of sp³-hybridized carbons (Fsp3) is 0.308. The first-order valence-electron chi connectivity index (χ1n) is 5.59. The van der Waals surface area contributed by atoms with E-state index < -0.39 is 11.8 Å². The summed E-state index contributed by atoms with van der Waals surface area (Å²) in [6, 6.07) is 7.01. The van der Waals surface area contributed by atoms with Crippen molar-refractivity contribution in [3.8, 4) is 0 Å². The van der Waals surface area contributed by atoms with E-state index in [9.17, 15) is 14.4 Å². The lowest BCUT2D eigenvalue weighted by atomic mass is 10.1. The molecule has 94 valence electrons. The van der Waals surface area contributed by atoms with Crippen molar-refractivity contribution in [3.63, 3.8) is 0 Å². The first-order chi connectivity index (χ1) is 8.58. The summed E-state index contributed by atoms with van der Waals surface area (Å²) in [7, 11) is 0. The molecule has 0 atom stereocenters. The van der Waals surface area contributed by atoms with Crippen LogP contribution in [0.4, 0.5) is 0 Å². The maximum Gasteiger partial charge on any atom is 0.255 e. The summed E-state index contributed by atoms with van der Waals surface area (Å²) in [5.41, 5.74) is 1.54. The van der Waals surface area contributed by atoms with Crippen LogP contribution in [0.5, 0.6) is 0 Å². The summed E-state index contributed by atoms with van der Waals surface area (Å²) in [6.45, 7) is 1.41. The van der Waals surface area contributed by atoms with Crippen LogP contribution in [0.3, 0.4) is 0 Å². The highest BCUT2D eigenvalue weighted by atomic mass is 16.5. The van der Waals surface area contributed by atoms with Crippen molar-refractivity contribution in [2.75, 3.05) is 19.8 Å². The van der Waals surface area contributed by atoms with Gasteiger partial charge in [0.2, 0.25) is 0 Å². The van der Waals surface area contributed by atoms with Crippen LogP contribution in [0.1, 0.15) is 15.9 Å². The molecule has 0 radical (unpaired) electrons. The maximum absolute atomic E-state index is 11.9. The minimum absolute atomic E-state index is 0.146. The van der Waals surface area contributed by atoms with Crippen molar-refractivity contribution in [2.24, 2.45) is 0 Å². The number of imide groups is 1. The van der Waals surface area contributed by atoms with Gasteiger partial charge in [0.15, 0.2) is 5.78 Å². The summed E-state index contributed by atoms with van der Waals surface area (Å²) < 4.78 is 4.78. The number of amides is 2. The van der Waals surface area contributed by atoms with Gasteiger partial charge in [0.1, 0.15) is 13.2 Å². The Labute approximate surface area is 104 Å². The Morgan fingerprint density at radius 3 is 2.28 bits per heavy atom. The lowest BCUT2D eigenvalue weighted by Gasteiger charge is -2.24. The van der Waals surface area contributed by atoms with Gasteiger partial charge in [-0.3, -0.25) is 19.3 Å². The number of benzene rings is 1. The van der Waals surface area contributed by atoms with E-state index >= 15 is 0 Å². The minimum atomic E-state index is -0.466. The second kappa shape index (κ2) is 5.10. The summed E-state index contributed by atoms with van der Waals surface area (Å²) in [4.78, 5) is 35.8. The van der Waals surface area contributed by atoms with E-state index in [0.717, 1.165) is 10.5 Å². The van der Waals surface area contributed by atoms with E-state index in [1.807, 2.05) is 19.1 Å². The molecular formula is C13H13NO4. The second-order valence-corrected chi connectivity index (χ2v) is 4.16. The number of aryl methyl sites for hydroxylation is 1. The van der Waals surface area contributed by atoms with Crippen molar-refractivity contribution >= 4 is 17.6 Å². The van der Waals surface area contributed by atoms with Crippen LogP contribution in [0, 0.1) is 6.92 Å². The van der Waals surface area contributed by atoms with Crippen LogP contribution in [-0.2, 0) is 14.3 Å². The Balaban J connectivity index is 2.08. The van der Waals surface area contributed by atoms with Gasteiger partial charge in [-0.2, -0.15) is 0 Å². The molecule has 5 nitrogen and oxygen atoms in total. The van der Waals surface area contributed by atoms with Crippen molar-refractivity contribution in [2.45, 2.75) is 6.92 Å². The lowest BCUT2D eigenvalue weighted by Crippen LogP contribution is -2.48. The normalized spacial score (nSPS) is 15.9. The van der Waals surface area contributed by atoms with E-state index in [4.69, 9.17) is 4.74 Å². The van der Waals surface area contributed by atoms with Crippen LogP contribution in [-0.4, -0.2) is 42.3 Å². The number of hydrogen-bond acceptors (Lipinski definition) is 4. The molecule has 0 N–H and O–H groups in total. The third-order valence-corrected chi connectivity index (χ3v) is 2.73. The fourth-order valence-electron chi connectivity index (χ4n) is 1.67. The number of carbonyl (C=O) groups excluding carboxylic acids is 3. The molecular weight excluding hydrogens is 234 g/mol. The third-order valence-electron chi connectivity index (χ3n) is 2.73. The van der Waals surface area contributed by atoms with Gasteiger partial charge < -0.3 is 4.74 Å². The Kier molecular flexibility index (Phi) is 3.53. The van der Waals surface area contributed by atoms with Crippen LogP contribution in [0.25, 0.3) is 0 Å². The average molecular weight is 247 g/mol. The van der Waals surface area contributed by atoms with Crippen molar-refractivity contribution in [1.29, 1.82) is 0 Å². The van der Waals surface area contributed by atoms with Gasteiger partial charge in [0, 0.05) is 5.56 Å². The molecule has 0 aromatic heterocycles. The first kappa shape index (κ1) is 12.4. The van der Waals surface area contributed by atoms with E-state index in [2.05, 4.69) is 0 Å². The molecule has 1 fully saturated rings. The van der Waals surface area contributed by atoms with Gasteiger partial charge in [-0.1, -0.05) is 29.8 Å². The van der Waals surface area contributed by atoms with E-state index in [1.54, 1.807) is 12.1 Å². The van der Waals surface area contributed by atoms with Crippen LogP contribution < -0.4 is 0 Å². The monoisotopic (exact) mass is 247 g/mol. The fourth-order valence-corrected chi connectivity index (χ4v) is 1.67. The largest absolute Gasteiger partial charge is 0.362 e. The Bertz CT molecular complexity index is 476. The molecule has 1 saturated heterocycles. The zero-order valence-corrected chi connectivity index (χ0v) is 10.0. The average Bonchev–Trinajstić information content (AvgIpc) is 2.34. The Morgan fingerprint density at radius 1 is 1.17 bits per heavy atom. The van der Waals surface area contributed by atoms with Gasteiger partial charge in [-0.15, -0.1) is 0 Å². The zero-order chi connectivity index (χ0) is 13.1. The predicted octanol–water partition coefficient (Wildman–Crippen LogP) is 0.563. The quantitative estimate of drug-likeness (QED) is 0.578. The topological polar surface area (TPSA) is 63.7 Å². The Morgan fingerprint density at radius 2 is 1.72 bits per heavy atom. The third kappa shape index (κ3) is 2.62. The molecule has 1 aliphatic rings. The van der Waals surface area contributed by atoms with Gasteiger partial charge in [-0.05, 0) is 6.92 Å². The SMILES string of the molecule is Cc1ccc(C(=O)CN2C(=O)COCC2=O)cc1. The second-order valence-electron chi connectivity index (χ2n) is 4.16. The van der Waals surface area contributed by atoms with Gasteiger partial charge in [0.25, 0.3) is 11.8 Å². The smallest absolute Gasteiger partial charge is 0.255 e. The number of nitrogens with zero attached hydrogens (tertiary/aromatic N) is 1. The van der Waals surface area contributed by atoms with Gasteiger partial charge in [-0.25, -0.2) is 0 Å². The molecule has 0 unspecified atom stereocenters. The molecule has 1 heterocycles. The molecule has 0 bridgehead atoms. The van der Waals surface area contributed by atoms with Crippen LogP contribution in [0.15, 0.2) is 24.3 Å². The van der Waals surface area contributed by atoms with E-state index in [0.29, 0.717) is 5.56 Å². The molecule has 1 aliphatic heterocycles. The molecule has 0 spiro atoms. The lowest BCUT2D eigenvalue weighted by molar-refractivity contribution is -0.157. The summed E-state index contributed by atoms with van der Waals surface area (Å²) in [5.74, 6) is -1.18. The van der Waals surface area contributed by atoms with Crippen LogP contribution in [0.2, 0.25) is 0 Å². The van der Waals surface area contributed by atoms with Gasteiger partial charge in [0.05, 0.1) is 6.54 Å². The molecule has 18 heavy (non-hydrogen) atoms. The first-order valence-corrected chi connectivity index (χ1v) is 5.59. The van der Waals surface area contributed by atoms with Crippen molar-refractivity contribution in [3.05, 3.63) is 35.4 Å². The Hall–Kier alpha value is -2.01. The summed E-state index contributed by atoms with van der Waals surface area (Å²) in [6.07, 6.45) is 0. The summed E-state index contributed by atoms with van der Waals surface area (Å²) in [5, 5.41) is 0. The van der Waals surface area contributed by atoms with E-state index in [-0.39, 0.29) is 25.5 Å². The number of hydrogen-bond donors (Lipinski definition) is 0. The molecule has 5 heteroatoms. The highest BCUT2D eigenvalue weighted by Crippen LogP contribution is 2.07. The molecule has 1 aromatic rings. The van der Waals surface area contributed by atoms with Crippen LogP contribution >= 0.6 is 0 Å². The molecule has 2 amide bonds. The molecule has 1 aromatic carbocycles. The predicted molar refractivity (Wildman–Crippen MR) is 63.0 cm³/mol. The number of carbonyl (C=O) groups is 3.